The summed E-state index contributed by atoms with van der Waals surface area (Å²) in [5.41, 5.74) is 7.05. The molecule has 3 heteroatoms. The van der Waals surface area contributed by atoms with E-state index in [0.29, 0.717) is 0 Å². The van der Waals surface area contributed by atoms with Crippen molar-refractivity contribution in [2.45, 2.75) is 24.7 Å². The average Bonchev–Trinajstić information content (AvgIpc) is 2.32. The Balaban J connectivity index is 2.25. The van der Waals surface area contributed by atoms with E-state index in [4.69, 9.17) is 10.5 Å². The molecular formula is C12H18N2O. The molecule has 2 heterocycles. The van der Waals surface area contributed by atoms with Crippen LogP contribution in [0.15, 0.2) is 24.4 Å². The summed E-state index contributed by atoms with van der Waals surface area (Å²) in [4.78, 5) is 4.48. The molecular weight excluding hydrogens is 188 g/mol. The molecule has 0 saturated carbocycles. The number of rotatable bonds is 3. The molecule has 15 heavy (non-hydrogen) atoms. The Labute approximate surface area is 90.7 Å². The van der Waals surface area contributed by atoms with Gasteiger partial charge in [-0.2, -0.15) is 0 Å². The lowest BCUT2D eigenvalue weighted by Gasteiger charge is -2.36. The molecule has 3 nitrogen and oxygen atoms in total. The molecule has 1 aliphatic heterocycles. The Hall–Kier alpha value is -0.930. The molecule has 0 radical (unpaired) electrons. The van der Waals surface area contributed by atoms with Crippen molar-refractivity contribution in [3.05, 3.63) is 30.1 Å². The maximum atomic E-state index is 5.71. The van der Waals surface area contributed by atoms with Crippen molar-refractivity contribution < 1.29 is 4.74 Å². The van der Waals surface area contributed by atoms with Gasteiger partial charge in [-0.05, 0) is 37.9 Å². The van der Waals surface area contributed by atoms with Gasteiger partial charge in [0.2, 0.25) is 0 Å². The minimum absolute atomic E-state index is 0.161. The number of hydrogen-bond donors (Lipinski definition) is 1. The van der Waals surface area contributed by atoms with Gasteiger partial charge in [-0.25, -0.2) is 0 Å². The fraction of sp³-hybridized carbons (Fsp3) is 0.583. The molecule has 1 aliphatic rings. The van der Waals surface area contributed by atoms with Gasteiger partial charge in [-0.3, -0.25) is 4.98 Å². The number of nitrogens with zero attached hydrogens (tertiary/aromatic N) is 1. The van der Waals surface area contributed by atoms with Crippen LogP contribution in [0.5, 0.6) is 0 Å². The van der Waals surface area contributed by atoms with Gasteiger partial charge in [0, 0.05) is 30.5 Å². The van der Waals surface area contributed by atoms with E-state index in [-0.39, 0.29) is 5.41 Å². The number of nitrogens with two attached hydrogens (primary N) is 1. The zero-order valence-electron chi connectivity index (χ0n) is 8.98. The number of ether oxygens (including phenoxy) is 1. The third kappa shape index (κ3) is 2.19. The minimum atomic E-state index is 0.161. The lowest BCUT2D eigenvalue weighted by molar-refractivity contribution is 0.0461. The maximum Gasteiger partial charge on any atom is 0.0475 e. The largest absolute Gasteiger partial charge is 0.381 e. The molecule has 0 unspecified atom stereocenters. The van der Waals surface area contributed by atoms with Crippen molar-refractivity contribution in [1.82, 2.24) is 4.98 Å². The molecule has 1 saturated heterocycles. The summed E-state index contributed by atoms with van der Waals surface area (Å²) in [7, 11) is 0. The maximum absolute atomic E-state index is 5.71. The predicted octanol–water partition coefficient (Wildman–Crippen LogP) is 1.48. The van der Waals surface area contributed by atoms with Gasteiger partial charge in [-0.1, -0.05) is 6.07 Å². The number of hydrogen-bond acceptors (Lipinski definition) is 3. The van der Waals surface area contributed by atoms with Crippen molar-refractivity contribution in [1.29, 1.82) is 0 Å². The van der Waals surface area contributed by atoms with Gasteiger partial charge in [0.25, 0.3) is 0 Å². The summed E-state index contributed by atoms with van der Waals surface area (Å²) in [6.45, 7) is 2.38. The van der Waals surface area contributed by atoms with Crippen LogP contribution in [0.1, 0.15) is 25.0 Å². The molecule has 0 bridgehead atoms. The van der Waals surface area contributed by atoms with Gasteiger partial charge in [-0.15, -0.1) is 0 Å². The smallest absolute Gasteiger partial charge is 0.0475 e. The SMILES string of the molecule is NCCC1(c2ccccn2)CCOCC1. The van der Waals surface area contributed by atoms with Crippen molar-refractivity contribution in [3.8, 4) is 0 Å². The van der Waals surface area contributed by atoms with Gasteiger partial charge in [0.1, 0.15) is 0 Å². The third-order valence-electron chi connectivity index (χ3n) is 3.28. The molecule has 1 aromatic heterocycles. The van der Waals surface area contributed by atoms with Crippen LogP contribution in [0, 0.1) is 0 Å². The molecule has 0 aromatic carbocycles. The molecule has 2 N–H and O–H groups in total. The molecule has 0 amide bonds. The summed E-state index contributed by atoms with van der Waals surface area (Å²) in [6, 6.07) is 6.12. The highest BCUT2D eigenvalue weighted by Crippen LogP contribution is 2.36. The third-order valence-corrected chi connectivity index (χ3v) is 3.28. The zero-order chi connectivity index (χ0) is 10.6. The van der Waals surface area contributed by atoms with Gasteiger partial charge < -0.3 is 10.5 Å². The first-order valence-corrected chi connectivity index (χ1v) is 5.57. The minimum Gasteiger partial charge on any atom is -0.381 e. The quantitative estimate of drug-likeness (QED) is 0.815. The van der Waals surface area contributed by atoms with Crippen molar-refractivity contribution in [2.75, 3.05) is 19.8 Å². The second-order valence-corrected chi connectivity index (χ2v) is 4.15. The van der Waals surface area contributed by atoms with E-state index < -0.39 is 0 Å². The summed E-state index contributed by atoms with van der Waals surface area (Å²) in [5, 5.41) is 0. The first kappa shape index (κ1) is 10.6. The van der Waals surface area contributed by atoms with Crippen molar-refractivity contribution >= 4 is 0 Å². The second kappa shape index (κ2) is 4.73. The summed E-state index contributed by atoms with van der Waals surface area (Å²) < 4.78 is 5.42. The summed E-state index contributed by atoms with van der Waals surface area (Å²) >= 11 is 0. The van der Waals surface area contributed by atoms with E-state index in [9.17, 15) is 0 Å². The van der Waals surface area contributed by atoms with Gasteiger partial charge in [0.05, 0.1) is 0 Å². The molecule has 82 valence electrons. The first-order valence-electron chi connectivity index (χ1n) is 5.57. The Morgan fingerprint density at radius 1 is 1.33 bits per heavy atom. The van der Waals surface area contributed by atoms with Crippen LogP contribution >= 0.6 is 0 Å². The fourth-order valence-electron chi connectivity index (χ4n) is 2.35. The van der Waals surface area contributed by atoms with E-state index in [0.717, 1.165) is 39.0 Å². The normalized spacial score (nSPS) is 20.1. The van der Waals surface area contributed by atoms with Gasteiger partial charge in [0.15, 0.2) is 0 Å². The standard InChI is InChI=1S/C12H18N2O/c13-7-4-12(5-9-15-10-6-12)11-3-1-2-8-14-11/h1-3,8H,4-7,9-10,13H2. The molecule has 1 fully saturated rings. The molecule has 0 aliphatic carbocycles. The lowest BCUT2D eigenvalue weighted by atomic mass is 9.74. The van der Waals surface area contributed by atoms with Crippen LogP contribution in [0.25, 0.3) is 0 Å². The fourth-order valence-corrected chi connectivity index (χ4v) is 2.35. The van der Waals surface area contributed by atoms with E-state index in [2.05, 4.69) is 17.1 Å². The van der Waals surface area contributed by atoms with Crippen molar-refractivity contribution in [2.24, 2.45) is 5.73 Å². The monoisotopic (exact) mass is 206 g/mol. The topological polar surface area (TPSA) is 48.1 Å². The van der Waals surface area contributed by atoms with Crippen LogP contribution < -0.4 is 5.73 Å². The van der Waals surface area contributed by atoms with Crippen LogP contribution in [0.2, 0.25) is 0 Å². The molecule has 1 aromatic rings. The van der Waals surface area contributed by atoms with E-state index in [1.165, 1.54) is 5.69 Å². The molecule has 0 spiro atoms. The summed E-state index contributed by atoms with van der Waals surface area (Å²) in [6.07, 6.45) is 4.96. The van der Waals surface area contributed by atoms with E-state index in [1.807, 2.05) is 12.3 Å². The Bertz CT molecular complexity index is 288. The second-order valence-electron chi connectivity index (χ2n) is 4.15. The van der Waals surface area contributed by atoms with Crippen LogP contribution in [-0.2, 0) is 10.2 Å². The number of pyridine rings is 1. The summed E-state index contributed by atoms with van der Waals surface area (Å²) in [5.74, 6) is 0. The Kier molecular flexibility index (Phi) is 3.34. The Morgan fingerprint density at radius 3 is 2.73 bits per heavy atom. The highest BCUT2D eigenvalue weighted by atomic mass is 16.5. The number of aromatic nitrogens is 1. The van der Waals surface area contributed by atoms with E-state index >= 15 is 0 Å². The highest BCUT2D eigenvalue weighted by molar-refractivity contribution is 5.18. The van der Waals surface area contributed by atoms with Crippen molar-refractivity contribution in [3.63, 3.8) is 0 Å². The lowest BCUT2D eigenvalue weighted by Crippen LogP contribution is -2.36. The van der Waals surface area contributed by atoms with E-state index in [1.54, 1.807) is 0 Å². The first-order chi connectivity index (χ1) is 7.37. The Morgan fingerprint density at radius 2 is 2.13 bits per heavy atom. The van der Waals surface area contributed by atoms with Crippen LogP contribution in [-0.4, -0.2) is 24.7 Å². The molecule has 0 atom stereocenters. The zero-order valence-corrected chi connectivity index (χ0v) is 8.98. The van der Waals surface area contributed by atoms with Crippen LogP contribution in [0.4, 0.5) is 0 Å². The predicted molar refractivity (Wildman–Crippen MR) is 59.6 cm³/mol. The highest BCUT2D eigenvalue weighted by Gasteiger charge is 2.34. The van der Waals surface area contributed by atoms with Crippen LogP contribution in [0.3, 0.4) is 0 Å². The molecule has 2 rings (SSSR count). The van der Waals surface area contributed by atoms with Gasteiger partial charge >= 0.3 is 0 Å². The average molecular weight is 206 g/mol.